The molecule has 4 nitrogen and oxygen atoms in total. The third-order valence-electron chi connectivity index (χ3n) is 3.78. The Morgan fingerprint density at radius 3 is 2.52 bits per heavy atom. The van der Waals surface area contributed by atoms with E-state index in [4.69, 9.17) is 4.65 Å². The molecule has 1 heterocycles. The van der Waals surface area contributed by atoms with Crippen molar-refractivity contribution in [3.8, 4) is 0 Å². The summed E-state index contributed by atoms with van der Waals surface area (Å²) in [5, 5.41) is 20.1. The first-order chi connectivity index (χ1) is 10.1. The molecule has 1 aliphatic heterocycles. The Kier molecular flexibility index (Phi) is 3.63. The fourth-order valence-electron chi connectivity index (χ4n) is 2.50. The van der Waals surface area contributed by atoms with Crippen molar-refractivity contribution in [1.82, 2.24) is 0 Å². The minimum Gasteiger partial charge on any atom is -0.423 e. The maximum absolute atomic E-state index is 11.3. The van der Waals surface area contributed by atoms with Gasteiger partial charge in [-0.15, -0.1) is 0 Å². The van der Waals surface area contributed by atoms with Gasteiger partial charge in [0.25, 0.3) is 0 Å². The molecular weight excluding hydrogens is 267 g/mol. The van der Waals surface area contributed by atoms with Gasteiger partial charge in [-0.1, -0.05) is 42.5 Å². The van der Waals surface area contributed by atoms with Crippen LogP contribution in [-0.4, -0.2) is 23.0 Å². The Hall–Kier alpha value is -1.95. The summed E-state index contributed by atoms with van der Waals surface area (Å²) in [6.45, 7) is 1.90. The van der Waals surface area contributed by atoms with E-state index in [0.29, 0.717) is 28.8 Å². The molecule has 0 bridgehead atoms. The highest BCUT2D eigenvalue weighted by molar-refractivity contribution is 6.61. The van der Waals surface area contributed by atoms with Gasteiger partial charge in [-0.3, -0.25) is 4.79 Å². The highest BCUT2D eigenvalue weighted by atomic mass is 16.5. The molecule has 106 valence electrons. The quantitative estimate of drug-likeness (QED) is 0.655. The van der Waals surface area contributed by atoms with Gasteiger partial charge in [0.2, 0.25) is 0 Å². The molecule has 0 saturated heterocycles. The summed E-state index contributed by atoms with van der Waals surface area (Å²) in [5.74, 6) is -0.00570. The fraction of sp³-hybridized carbons (Fsp3) is 0.188. The zero-order chi connectivity index (χ0) is 15.0. The Morgan fingerprint density at radius 1 is 1.19 bits per heavy atom. The van der Waals surface area contributed by atoms with Crippen molar-refractivity contribution in [3.05, 3.63) is 64.7 Å². The Balaban J connectivity index is 1.90. The molecule has 0 spiro atoms. The summed E-state index contributed by atoms with van der Waals surface area (Å²) in [6, 6.07) is 12.3. The monoisotopic (exact) mass is 282 g/mol. The zero-order valence-corrected chi connectivity index (χ0v) is 11.6. The molecule has 5 heteroatoms. The maximum atomic E-state index is 11.3. The number of benzene rings is 2. The topological polar surface area (TPSA) is 66.8 Å². The first kappa shape index (κ1) is 14.0. The van der Waals surface area contributed by atoms with Crippen LogP contribution in [0.25, 0.3) is 0 Å². The molecule has 2 aromatic rings. The number of carbonyl (C=O) groups excluding carboxylic acids is 1. The van der Waals surface area contributed by atoms with E-state index in [2.05, 4.69) is 0 Å². The van der Waals surface area contributed by atoms with Crippen LogP contribution >= 0.6 is 0 Å². The number of hydrogen-bond acceptors (Lipinski definition) is 4. The molecule has 0 fully saturated rings. The van der Waals surface area contributed by atoms with E-state index < -0.39 is 13.2 Å². The molecular formula is C16H15BO4. The molecule has 0 saturated carbocycles. The lowest BCUT2D eigenvalue weighted by atomic mass is 9.78. The van der Waals surface area contributed by atoms with Crippen molar-refractivity contribution in [2.75, 3.05) is 0 Å². The minimum atomic E-state index is -0.924. The van der Waals surface area contributed by atoms with Gasteiger partial charge < -0.3 is 14.8 Å². The predicted octanol–water partition coefficient (Wildman–Crippen LogP) is 1.19. The summed E-state index contributed by atoms with van der Waals surface area (Å²) in [7, 11) is -0.924. The Morgan fingerprint density at radius 2 is 1.86 bits per heavy atom. The van der Waals surface area contributed by atoms with E-state index in [1.165, 1.54) is 6.92 Å². The summed E-state index contributed by atoms with van der Waals surface area (Å²) < 4.78 is 5.14. The van der Waals surface area contributed by atoms with E-state index in [-0.39, 0.29) is 5.78 Å². The molecule has 2 aromatic carbocycles. The average molecular weight is 282 g/mol. The summed E-state index contributed by atoms with van der Waals surface area (Å²) >= 11 is 0. The second-order valence-corrected chi connectivity index (χ2v) is 5.20. The fourth-order valence-corrected chi connectivity index (χ4v) is 2.50. The molecule has 3 rings (SSSR count). The van der Waals surface area contributed by atoms with Gasteiger partial charge in [-0.25, -0.2) is 0 Å². The largest absolute Gasteiger partial charge is 0.491 e. The normalized spacial score (nSPS) is 14.9. The van der Waals surface area contributed by atoms with Gasteiger partial charge in [0, 0.05) is 5.56 Å². The van der Waals surface area contributed by atoms with Crippen LogP contribution < -0.4 is 5.46 Å². The summed E-state index contributed by atoms with van der Waals surface area (Å²) in [5.41, 5.74) is 3.64. The molecule has 0 aromatic heterocycles. The molecule has 21 heavy (non-hydrogen) atoms. The number of carbonyl (C=O) groups is 1. The average Bonchev–Trinajstić information content (AvgIpc) is 2.87. The van der Waals surface area contributed by atoms with Gasteiger partial charge in [-0.05, 0) is 29.1 Å². The number of ketones is 1. The number of hydrogen-bond donors (Lipinski definition) is 2. The number of rotatable bonds is 3. The van der Waals surface area contributed by atoms with E-state index >= 15 is 0 Å². The molecule has 2 N–H and O–H groups in total. The predicted molar refractivity (Wildman–Crippen MR) is 79.3 cm³/mol. The van der Waals surface area contributed by atoms with Crippen molar-refractivity contribution in [1.29, 1.82) is 0 Å². The molecule has 0 radical (unpaired) electrons. The lowest BCUT2D eigenvalue weighted by Crippen LogP contribution is -2.28. The van der Waals surface area contributed by atoms with Crippen molar-refractivity contribution >= 4 is 18.4 Å². The van der Waals surface area contributed by atoms with Crippen LogP contribution in [-0.2, 0) is 11.3 Å². The third-order valence-corrected chi connectivity index (χ3v) is 3.78. The Bertz CT molecular complexity index is 681. The van der Waals surface area contributed by atoms with Crippen LogP contribution in [0.1, 0.15) is 40.1 Å². The lowest BCUT2D eigenvalue weighted by molar-refractivity contribution is 0.101. The van der Waals surface area contributed by atoms with Crippen molar-refractivity contribution in [2.24, 2.45) is 0 Å². The van der Waals surface area contributed by atoms with Gasteiger partial charge in [-0.2, -0.15) is 0 Å². The zero-order valence-electron chi connectivity index (χ0n) is 11.6. The van der Waals surface area contributed by atoms with Crippen LogP contribution in [0, 0.1) is 0 Å². The highest BCUT2D eigenvalue weighted by Gasteiger charge is 2.28. The van der Waals surface area contributed by atoms with Crippen molar-refractivity contribution in [2.45, 2.75) is 19.6 Å². The van der Waals surface area contributed by atoms with Crippen LogP contribution in [0.15, 0.2) is 42.5 Å². The SMILES string of the molecule is CC(=O)c1ccc(C(O)c2ccc3c(c2)B(O)OC3)cc1. The van der Waals surface area contributed by atoms with Crippen LogP contribution in [0.3, 0.4) is 0 Å². The maximum Gasteiger partial charge on any atom is 0.491 e. The van der Waals surface area contributed by atoms with Crippen molar-refractivity contribution < 1.29 is 19.6 Å². The van der Waals surface area contributed by atoms with Gasteiger partial charge in [0.1, 0.15) is 6.10 Å². The van der Waals surface area contributed by atoms with Crippen LogP contribution in [0.5, 0.6) is 0 Å². The molecule has 1 unspecified atom stereocenters. The molecule has 0 aliphatic carbocycles. The minimum absolute atomic E-state index is 0.00570. The van der Waals surface area contributed by atoms with Gasteiger partial charge in [0.05, 0.1) is 6.61 Å². The Labute approximate surface area is 123 Å². The van der Waals surface area contributed by atoms with Crippen LogP contribution in [0.2, 0.25) is 0 Å². The molecule has 1 atom stereocenters. The highest BCUT2D eigenvalue weighted by Crippen LogP contribution is 2.23. The molecule has 1 aliphatic rings. The standard InChI is InChI=1S/C16H15BO4/c1-10(18)11-2-4-12(5-3-11)16(19)13-6-7-14-9-21-17(20)15(14)8-13/h2-8,16,19-20H,9H2,1H3. The first-order valence-corrected chi connectivity index (χ1v) is 6.77. The van der Waals surface area contributed by atoms with E-state index in [1.807, 2.05) is 12.1 Å². The number of fused-ring (bicyclic) bond motifs is 1. The molecule has 0 amide bonds. The van der Waals surface area contributed by atoms with E-state index in [9.17, 15) is 14.9 Å². The number of aliphatic hydroxyl groups excluding tert-OH is 1. The summed E-state index contributed by atoms with van der Waals surface area (Å²) in [6.07, 6.45) is -0.802. The first-order valence-electron chi connectivity index (χ1n) is 6.77. The summed E-state index contributed by atoms with van der Waals surface area (Å²) in [4.78, 5) is 11.3. The smallest absolute Gasteiger partial charge is 0.423 e. The lowest BCUT2D eigenvalue weighted by Gasteiger charge is -2.13. The van der Waals surface area contributed by atoms with Crippen LogP contribution in [0.4, 0.5) is 0 Å². The third kappa shape index (κ3) is 2.63. The van der Waals surface area contributed by atoms with E-state index in [1.54, 1.807) is 30.3 Å². The van der Waals surface area contributed by atoms with Crippen molar-refractivity contribution in [3.63, 3.8) is 0 Å². The van der Waals surface area contributed by atoms with Gasteiger partial charge in [0.15, 0.2) is 5.78 Å². The number of Topliss-reactive ketones (excluding diaryl/α,β-unsaturated/α-hetero) is 1. The van der Waals surface area contributed by atoms with E-state index in [0.717, 1.165) is 5.56 Å². The van der Waals surface area contributed by atoms with Gasteiger partial charge >= 0.3 is 7.12 Å². The second-order valence-electron chi connectivity index (χ2n) is 5.20. The second kappa shape index (κ2) is 5.45. The number of aliphatic hydroxyl groups is 1.